The molecule has 2 rings (SSSR count). The second kappa shape index (κ2) is 4.57. The highest BCUT2D eigenvalue weighted by molar-refractivity contribution is 5.23. The van der Waals surface area contributed by atoms with Gasteiger partial charge in [-0.15, -0.1) is 0 Å². The van der Waals surface area contributed by atoms with Crippen LogP contribution in [0.3, 0.4) is 0 Å². The lowest BCUT2D eigenvalue weighted by Crippen LogP contribution is -2.22. The zero-order valence-corrected chi connectivity index (χ0v) is 8.30. The van der Waals surface area contributed by atoms with Gasteiger partial charge in [0.15, 0.2) is 0 Å². The Bertz CT molecular complexity index is 319. The zero-order chi connectivity index (χ0) is 10.7. The summed E-state index contributed by atoms with van der Waals surface area (Å²) in [5, 5.41) is 3.24. The third-order valence-electron chi connectivity index (χ3n) is 2.22. The minimum absolute atomic E-state index is 0.241. The Morgan fingerprint density at radius 1 is 1.20 bits per heavy atom. The van der Waals surface area contributed by atoms with E-state index in [2.05, 4.69) is 5.32 Å². The maximum Gasteiger partial charge on any atom is 0.129 e. The average Bonchev–Trinajstić information content (AvgIpc) is 2.94. The molecule has 1 fully saturated rings. The van der Waals surface area contributed by atoms with Crippen LogP contribution in [-0.2, 0) is 0 Å². The first-order valence-electron chi connectivity index (χ1n) is 5.06. The van der Waals surface area contributed by atoms with Gasteiger partial charge in [-0.25, -0.2) is 8.78 Å². The van der Waals surface area contributed by atoms with Crippen molar-refractivity contribution in [2.75, 3.05) is 13.2 Å². The third-order valence-corrected chi connectivity index (χ3v) is 2.22. The smallest absolute Gasteiger partial charge is 0.129 e. The lowest BCUT2D eigenvalue weighted by atomic mass is 10.3. The number of rotatable bonds is 5. The Hall–Kier alpha value is -1.16. The molecule has 1 aromatic rings. The molecule has 1 saturated carbocycles. The summed E-state index contributed by atoms with van der Waals surface area (Å²) < 4.78 is 30.7. The number of hydrogen-bond acceptors (Lipinski definition) is 2. The van der Waals surface area contributed by atoms with Crippen LogP contribution in [0.2, 0.25) is 0 Å². The van der Waals surface area contributed by atoms with Gasteiger partial charge in [0.05, 0.1) is 0 Å². The molecule has 0 spiro atoms. The third kappa shape index (κ3) is 3.47. The van der Waals surface area contributed by atoms with E-state index in [4.69, 9.17) is 4.74 Å². The van der Waals surface area contributed by atoms with E-state index in [-0.39, 0.29) is 5.75 Å². The maximum atomic E-state index is 12.7. The number of ether oxygens (including phenoxy) is 1. The molecule has 0 amide bonds. The van der Waals surface area contributed by atoms with E-state index in [0.717, 1.165) is 6.07 Å². The normalized spacial score (nSPS) is 15.3. The molecule has 4 heteroatoms. The Kier molecular flexibility index (Phi) is 3.16. The van der Waals surface area contributed by atoms with Gasteiger partial charge in [0.1, 0.15) is 24.0 Å². The first-order valence-corrected chi connectivity index (χ1v) is 5.06. The second-order valence-corrected chi connectivity index (χ2v) is 3.68. The van der Waals surface area contributed by atoms with Crippen LogP contribution in [0.5, 0.6) is 5.75 Å². The molecule has 0 bridgehead atoms. The summed E-state index contributed by atoms with van der Waals surface area (Å²) in [6.45, 7) is 1.14. The molecule has 0 saturated heterocycles. The van der Waals surface area contributed by atoms with E-state index in [9.17, 15) is 8.78 Å². The fourth-order valence-electron chi connectivity index (χ4n) is 1.33. The van der Waals surface area contributed by atoms with Gasteiger partial charge in [-0.1, -0.05) is 0 Å². The molecule has 0 aliphatic heterocycles. The van der Waals surface area contributed by atoms with Crippen molar-refractivity contribution >= 4 is 0 Å². The summed E-state index contributed by atoms with van der Waals surface area (Å²) in [6, 6.07) is 3.81. The number of halogens is 2. The highest BCUT2D eigenvalue weighted by atomic mass is 19.1. The average molecular weight is 213 g/mol. The second-order valence-electron chi connectivity index (χ2n) is 3.68. The van der Waals surface area contributed by atoms with Gasteiger partial charge in [0.2, 0.25) is 0 Å². The standard InChI is InChI=1S/C11H13F2NO/c12-8-5-9(13)7-11(6-8)15-4-3-14-10-1-2-10/h5-7,10,14H,1-4H2. The largest absolute Gasteiger partial charge is 0.492 e. The van der Waals surface area contributed by atoms with Crippen molar-refractivity contribution < 1.29 is 13.5 Å². The summed E-state index contributed by atoms with van der Waals surface area (Å²) >= 11 is 0. The minimum atomic E-state index is -0.611. The van der Waals surface area contributed by atoms with Crippen molar-refractivity contribution in [2.45, 2.75) is 18.9 Å². The van der Waals surface area contributed by atoms with E-state index in [1.54, 1.807) is 0 Å². The van der Waals surface area contributed by atoms with Crippen LogP contribution in [0.1, 0.15) is 12.8 Å². The highest BCUT2D eigenvalue weighted by Gasteiger charge is 2.19. The zero-order valence-electron chi connectivity index (χ0n) is 8.30. The van der Waals surface area contributed by atoms with Crippen molar-refractivity contribution in [3.8, 4) is 5.75 Å². The summed E-state index contributed by atoms with van der Waals surface area (Å²) in [4.78, 5) is 0. The molecule has 82 valence electrons. The fourth-order valence-corrected chi connectivity index (χ4v) is 1.33. The molecular weight excluding hydrogens is 200 g/mol. The van der Waals surface area contributed by atoms with Crippen LogP contribution >= 0.6 is 0 Å². The van der Waals surface area contributed by atoms with Gasteiger partial charge in [-0.2, -0.15) is 0 Å². The molecule has 1 aliphatic rings. The quantitative estimate of drug-likeness (QED) is 0.756. The Labute approximate surface area is 87.2 Å². The summed E-state index contributed by atoms with van der Waals surface area (Å²) in [5.41, 5.74) is 0. The molecule has 2 nitrogen and oxygen atoms in total. The van der Waals surface area contributed by atoms with E-state index in [0.29, 0.717) is 19.2 Å². The molecule has 1 aromatic carbocycles. The van der Waals surface area contributed by atoms with Gasteiger partial charge in [0.25, 0.3) is 0 Å². The lowest BCUT2D eigenvalue weighted by molar-refractivity contribution is 0.310. The topological polar surface area (TPSA) is 21.3 Å². The summed E-state index contributed by atoms with van der Waals surface area (Å²) in [5.74, 6) is -0.981. The van der Waals surface area contributed by atoms with Gasteiger partial charge in [-0.3, -0.25) is 0 Å². The molecule has 0 aromatic heterocycles. The predicted molar refractivity (Wildman–Crippen MR) is 52.9 cm³/mol. The SMILES string of the molecule is Fc1cc(F)cc(OCCNC2CC2)c1. The molecule has 1 N–H and O–H groups in total. The summed E-state index contributed by atoms with van der Waals surface area (Å²) in [7, 11) is 0. The van der Waals surface area contributed by atoms with Crippen molar-refractivity contribution in [3.63, 3.8) is 0 Å². The Morgan fingerprint density at radius 3 is 2.47 bits per heavy atom. The van der Waals surface area contributed by atoms with E-state index in [1.807, 2.05) is 0 Å². The predicted octanol–water partition coefficient (Wildman–Crippen LogP) is 2.10. The van der Waals surface area contributed by atoms with Gasteiger partial charge >= 0.3 is 0 Å². The van der Waals surface area contributed by atoms with Gasteiger partial charge in [-0.05, 0) is 12.8 Å². The molecule has 0 atom stereocenters. The van der Waals surface area contributed by atoms with Crippen LogP contribution < -0.4 is 10.1 Å². The van der Waals surface area contributed by atoms with Crippen LogP contribution in [0.15, 0.2) is 18.2 Å². The maximum absolute atomic E-state index is 12.7. The molecule has 1 aliphatic carbocycles. The first-order chi connectivity index (χ1) is 7.24. The Balaban J connectivity index is 1.76. The summed E-state index contributed by atoms with van der Waals surface area (Å²) in [6.07, 6.45) is 2.43. The van der Waals surface area contributed by atoms with Crippen molar-refractivity contribution in [1.29, 1.82) is 0 Å². The highest BCUT2D eigenvalue weighted by Crippen LogP contribution is 2.18. The van der Waals surface area contributed by atoms with E-state index >= 15 is 0 Å². The Morgan fingerprint density at radius 2 is 1.87 bits per heavy atom. The van der Waals surface area contributed by atoms with E-state index < -0.39 is 11.6 Å². The molecular formula is C11H13F2NO. The van der Waals surface area contributed by atoms with Crippen LogP contribution in [-0.4, -0.2) is 19.2 Å². The molecule has 0 radical (unpaired) electrons. The first kappa shape index (κ1) is 10.4. The van der Waals surface area contributed by atoms with Crippen LogP contribution in [0.4, 0.5) is 8.78 Å². The van der Waals surface area contributed by atoms with Crippen molar-refractivity contribution in [3.05, 3.63) is 29.8 Å². The van der Waals surface area contributed by atoms with Crippen molar-refractivity contribution in [2.24, 2.45) is 0 Å². The number of hydrogen-bond donors (Lipinski definition) is 1. The fraction of sp³-hybridized carbons (Fsp3) is 0.455. The van der Waals surface area contributed by atoms with E-state index in [1.165, 1.54) is 25.0 Å². The van der Waals surface area contributed by atoms with Crippen LogP contribution in [0.25, 0.3) is 0 Å². The lowest BCUT2D eigenvalue weighted by Gasteiger charge is -2.06. The van der Waals surface area contributed by atoms with Gasteiger partial charge < -0.3 is 10.1 Å². The van der Waals surface area contributed by atoms with Gasteiger partial charge in [0, 0.05) is 30.8 Å². The molecule has 0 heterocycles. The molecule has 15 heavy (non-hydrogen) atoms. The van der Waals surface area contributed by atoms with Crippen molar-refractivity contribution in [1.82, 2.24) is 5.32 Å². The number of nitrogens with one attached hydrogen (secondary N) is 1. The number of benzene rings is 1. The minimum Gasteiger partial charge on any atom is -0.492 e. The monoisotopic (exact) mass is 213 g/mol. The molecule has 0 unspecified atom stereocenters. The van der Waals surface area contributed by atoms with Crippen LogP contribution in [0, 0.1) is 11.6 Å².